The highest BCUT2D eigenvalue weighted by Crippen LogP contribution is 2.33. The molecule has 1 saturated heterocycles. The zero-order valence-corrected chi connectivity index (χ0v) is 17.5. The molecule has 0 aromatic heterocycles. The number of carbonyl (C=O) groups is 3. The van der Waals surface area contributed by atoms with Crippen LogP contribution in [0.1, 0.15) is 16.7 Å². The average Bonchev–Trinajstić information content (AvgIpc) is 2.99. The smallest absolute Gasteiger partial charge is 0.294 e. The normalized spacial score (nSPS) is 15.3. The molecule has 1 N–H and O–H groups in total. The van der Waals surface area contributed by atoms with Crippen LogP contribution in [0.25, 0.3) is 16.8 Å². The van der Waals surface area contributed by atoms with E-state index in [9.17, 15) is 14.4 Å². The molecule has 3 aromatic carbocycles. The Labute approximate surface area is 178 Å². The highest BCUT2D eigenvalue weighted by Gasteiger charge is 2.36. The molecule has 0 atom stereocenters. The fourth-order valence-electron chi connectivity index (χ4n) is 3.37. The number of anilines is 1. The zero-order chi connectivity index (χ0) is 21.3. The van der Waals surface area contributed by atoms with Gasteiger partial charge < -0.3 is 5.32 Å². The van der Waals surface area contributed by atoms with Crippen LogP contribution in [0.3, 0.4) is 0 Å². The summed E-state index contributed by atoms with van der Waals surface area (Å²) in [5, 5.41) is 4.41. The number of thioether (sulfide) groups is 1. The lowest BCUT2D eigenvalue weighted by molar-refractivity contribution is -0.127. The molecule has 1 aliphatic rings. The van der Waals surface area contributed by atoms with Crippen molar-refractivity contribution in [3.05, 3.63) is 82.3 Å². The summed E-state index contributed by atoms with van der Waals surface area (Å²) in [6.45, 7) is 3.56. The molecule has 1 fully saturated rings. The Morgan fingerprint density at radius 2 is 1.73 bits per heavy atom. The Balaban J connectivity index is 1.53. The maximum atomic E-state index is 12.8. The van der Waals surface area contributed by atoms with E-state index >= 15 is 0 Å². The average molecular weight is 417 g/mol. The van der Waals surface area contributed by atoms with Gasteiger partial charge in [-0.15, -0.1) is 0 Å². The largest absolute Gasteiger partial charge is 0.324 e. The summed E-state index contributed by atoms with van der Waals surface area (Å²) in [5.41, 5.74) is 3.55. The number of nitrogens with one attached hydrogen (secondary N) is 1. The third-order valence-corrected chi connectivity index (χ3v) is 6.07. The summed E-state index contributed by atoms with van der Waals surface area (Å²) in [7, 11) is 0. The monoisotopic (exact) mass is 416 g/mol. The third kappa shape index (κ3) is 3.86. The molecule has 0 unspecified atom stereocenters. The summed E-state index contributed by atoms with van der Waals surface area (Å²) < 4.78 is 0. The van der Waals surface area contributed by atoms with Gasteiger partial charge in [-0.3, -0.25) is 19.3 Å². The lowest BCUT2D eigenvalue weighted by Gasteiger charge is -2.14. The molecule has 0 aliphatic carbocycles. The van der Waals surface area contributed by atoms with Crippen molar-refractivity contribution >= 4 is 51.4 Å². The minimum absolute atomic E-state index is 0.315. The second kappa shape index (κ2) is 8.16. The van der Waals surface area contributed by atoms with Crippen LogP contribution in [-0.4, -0.2) is 28.5 Å². The second-order valence-electron chi connectivity index (χ2n) is 7.13. The molecule has 1 heterocycles. The van der Waals surface area contributed by atoms with E-state index in [0.29, 0.717) is 10.6 Å². The molecule has 5 nitrogen and oxygen atoms in total. The first-order valence-corrected chi connectivity index (χ1v) is 10.3. The van der Waals surface area contributed by atoms with Gasteiger partial charge in [0.1, 0.15) is 6.54 Å². The minimum Gasteiger partial charge on any atom is -0.324 e. The van der Waals surface area contributed by atoms with Crippen LogP contribution < -0.4 is 5.32 Å². The van der Waals surface area contributed by atoms with Gasteiger partial charge in [-0.2, -0.15) is 0 Å². The van der Waals surface area contributed by atoms with Crippen molar-refractivity contribution in [2.45, 2.75) is 13.8 Å². The topological polar surface area (TPSA) is 66.5 Å². The second-order valence-corrected chi connectivity index (χ2v) is 8.13. The van der Waals surface area contributed by atoms with Crippen molar-refractivity contribution in [1.29, 1.82) is 0 Å². The molecule has 0 saturated carbocycles. The first-order chi connectivity index (χ1) is 14.4. The van der Waals surface area contributed by atoms with Gasteiger partial charge in [-0.05, 0) is 65.2 Å². The number of imide groups is 1. The third-order valence-electron chi connectivity index (χ3n) is 5.16. The fourth-order valence-corrected chi connectivity index (χ4v) is 4.20. The highest BCUT2D eigenvalue weighted by atomic mass is 32.2. The van der Waals surface area contributed by atoms with Gasteiger partial charge in [0.2, 0.25) is 5.91 Å². The maximum Gasteiger partial charge on any atom is 0.294 e. The Kier molecular flexibility index (Phi) is 5.42. The molecular formula is C24H20N2O3S. The van der Waals surface area contributed by atoms with E-state index in [4.69, 9.17) is 0 Å². The predicted molar refractivity (Wildman–Crippen MR) is 121 cm³/mol. The van der Waals surface area contributed by atoms with Crippen LogP contribution in [0.2, 0.25) is 0 Å². The van der Waals surface area contributed by atoms with Gasteiger partial charge in [0, 0.05) is 5.69 Å². The highest BCUT2D eigenvalue weighted by molar-refractivity contribution is 8.18. The number of nitrogens with zero attached hydrogens (tertiary/aromatic N) is 1. The van der Waals surface area contributed by atoms with Crippen molar-refractivity contribution in [1.82, 2.24) is 4.90 Å². The Hall–Kier alpha value is -3.38. The van der Waals surface area contributed by atoms with Crippen LogP contribution in [0.4, 0.5) is 10.5 Å². The Bertz CT molecular complexity index is 1210. The summed E-state index contributed by atoms with van der Waals surface area (Å²) in [5.74, 6) is -0.855. The lowest BCUT2D eigenvalue weighted by Crippen LogP contribution is -2.36. The van der Waals surface area contributed by atoms with Gasteiger partial charge in [-0.1, -0.05) is 54.6 Å². The number of hydrogen-bond donors (Lipinski definition) is 1. The van der Waals surface area contributed by atoms with E-state index < -0.39 is 17.1 Å². The summed E-state index contributed by atoms with van der Waals surface area (Å²) in [6, 6.07) is 19.3. The van der Waals surface area contributed by atoms with E-state index in [1.54, 1.807) is 12.1 Å². The van der Waals surface area contributed by atoms with Crippen molar-refractivity contribution in [2.75, 3.05) is 11.9 Å². The molecule has 6 heteroatoms. The van der Waals surface area contributed by atoms with E-state index in [2.05, 4.69) is 5.32 Å². The quantitative estimate of drug-likeness (QED) is 0.599. The summed E-state index contributed by atoms with van der Waals surface area (Å²) in [4.78, 5) is 39.0. The molecule has 0 spiro atoms. The Morgan fingerprint density at radius 1 is 1.00 bits per heavy atom. The lowest BCUT2D eigenvalue weighted by atomic mass is 10.0. The number of benzene rings is 3. The summed E-state index contributed by atoms with van der Waals surface area (Å²) in [6.07, 6.45) is 1.72. The minimum atomic E-state index is -0.450. The zero-order valence-electron chi connectivity index (χ0n) is 16.6. The van der Waals surface area contributed by atoms with Gasteiger partial charge in [0.05, 0.1) is 4.91 Å². The molecule has 30 heavy (non-hydrogen) atoms. The van der Waals surface area contributed by atoms with Gasteiger partial charge in [0.15, 0.2) is 0 Å². The van der Waals surface area contributed by atoms with Crippen LogP contribution >= 0.6 is 11.8 Å². The van der Waals surface area contributed by atoms with Crippen molar-refractivity contribution in [3.8, 4) is 0 Å². The number of amides is 3. The molecule has 0 bridgehead atoms. The molecular weight excluding hydrogens is 396 g/mol. The molecule has 3 amide bonds. The van der Waals surface area contributed by atoms with Crippen LogP contribution in [0.15, 0.2) is 65.6 Å². The molecule has 1 aliphatic heterocycles. The first kappa shape index (κ1) is 19.9. The number of hydrogen-bond acceptors (Lipinski definition) is 4. The summed E-state index contributed by atoms with van der Waals surface area (Å²) >= 11 is 0.858. The van der Waals surface area contributed by atoms with Crippen molar-refractivity contribution < 1.29 is 14.4 Å². The van der Waals surface area contributed by atoms with Gasteiger partial charge in [-0.25, -0.2) is 0 Å². The first-order valence-electron chi connectivity index (χ1n) is 9.53. The van der Waals surface area contributed by atoms with Crippen LogP contribution in [0.5, 0.6) is 0 Å². The van der Waals surface area contributed by atoms with Crippen molar-refractivity contribution in [3.63, 3.8) is 0 Å². The maximum absolute atomic E-state index is 12.8. The molecule has 150 valence electrons. The van der Waals surface area contributed by atoms with E-state index in [1.807, 2.05) is 68.4 Å². The standard InChI is InChI=1S/C24H20N2O3S/c1-15-7-5-12-20(16(15)2)25-22(27)14-26-23(28)21(30-24(26)29)13-18-10-6-9-17-8-3-4-11-19(17)18/h3-13H,14H2,1-2H3,(H,25,27). The van der Waals surface area contributed by atoms with Crippen LogP contribution in [0, 0.1) is 13.8 Å². The number of rotatable bonds is 4. The number of fused-ring (bicyclic) bond motifs is 1. The van der Waals surface area contributed by atoms with Crippen molar-refractivity contribution in [2.24, 2.45) is 0 Å². The number of carbonyl (C=O) groups excluding carboxylic acids is 3. The molecule has 0 radical (unpaired) electrons. The van der Waals surface area contributed by atoms with Crippen LogP contribution in [-0.2, 0) is 9.59 Å². The Morgan fingerprint density at radius 3 is 2.57 bits per heavy atom. The van der Waals surface area contributed by atoms with Gasteiger partial charge in [0.25, 0.3) is 11.1 Å². The predicted octanol–water partition coefficient (Wildman–Crippen LogP) is 5.13. The SMILES string of the molecule is Cc1cccc(NC(=O)CN2C(=O)SC(=Cc3cccc4ccccc34)C2=O)c1C. The number of aryl methyl sites for hydroxylation is 1. The van der Waals surface area contributed by atoms with Gasteiger partial charge >= 0.3 is 0 Å². The fraction of sp³-hybridized carbons (Fsp3) is 0.125. The van der Waals surface area contributed by atoms with E-state index in [1.165, 1.54) is 0 Å². The molecule has 3 aromatic rings. The van der Waals surface area contributed by atoms with E-state index in [0.717, 1.165) is 44.1 Å². The molecule has 4 rings (SSSR count). The van der Waals surface area contributed by atoms with E-state index in [-0.39, 0.29) is 6.54 Å².